The molecule has 0 amide bonds. The predicted molar refractivity (Wildman–Crippen MR) is 27.7 cm³/mol. The van der Waals surface area contributed by atoms with Crippen molar-refractivity contribution < 1.29 is 4.74 Å². The Morgan fingerprint density at radius 3 is 3.00 bits per heavy atom. The van der Waals surface area contributed by atoms with Crippen LogP contribution in [0.5, 0.6) is 0 Å². The van der Waals surface area contributed by atoms with Crippen LogP contribution in [0.2, 0.25) is 0 Å². The number of hydrogen-bond acceptors (Lipinski definition) is 2. The van der Waals surface area contributed by atoms with Gasteiger partial charge in [-0.1, -0.05) is 0 Å². The van der Waals surface area contributed by atoms with Crippen molar-refractivity contribution in [3.05, 3.63) is 6.61 Å². The zero-order valence-corrected chi connectivity index (χ0v) is 4.48. The second kappa shape index (κ2) is 2.28. The first-order valence-electron chi connectivity index (χ1n) is 2.56. The number of nitrogens with one attached hydrogen (secondary N) is 1. The van der Waals surface area contributed by atoms with E-state index in [-0.39, 0.29) is 0 Å². The fraction of sp³-hybridized carbons (Fsp3) is 0.800. The number of morpholine rings is 1. The van der Waals surface area contributed by atoms with E-state index < -0.39 is 0 Å². The molecule has 1 heterocycles. The van der Waals surface area contributed by atoms with Crippen LogP contribution >= 0.6 is 0 Å². The van der Waals surface area contributed by atoms with E-state index in [0.717, 1.165) is 13.2 Å². The average molecular weight is 100 g/mol. The maximum absolute atomic E-state index is 4.99. The van der Waals surface area contributed by atoms with Crippen molar-refractivity contribution in [2.24, 2.45) is 0 Å². The molecule has 1 saturated heterocycles. The first-order chi connectivity index (χ1) is 3.39. The lowest BCUT2D eigenvalue weighted by molar-refractivity contribution is 0.136. The Morgan fingerprint density at radius 1 is 1.86 bits per heavy atom. The third kappa shape index (κ3) is 1.45. The minimum absolute atomic E-state index is 0.532. The molecule has 0 spiro atoms. The van der Waals surface area contributed by atoms with E-state index in [1.165, 1.54) is 0 Å². The molecule has 1 rings (SSSR count). The van der Waals surface area contributed by atoms with Gasteiger partial charge in [0.1, 0.15) is 0 Å². The molecule has 1 unspecified atom stereocenters. The summed E-state index contributed by atoms with van der Waals surface area (Å²) in [5, 5.41) is 3.20. The van der Waals surface area contributed by atoms with Crippen LogP contribution in [0.4, 0.5) is 0 Å². The van der Waals surface area contributed by atoms with Crippen molar-refractivity contribution in [2.45, 2.75) is 13.0 Å². The van der Waals surface area contributed by atoms with Gasteiger partial charge in [-0.05, 0) is 6.92 Å². The zero-order valence-electron chi connectivity index (χ0n) is 4.48. The zero-order chi connectivity index (χ0) is 5.11. The highest BCUT2D eigenvalue weighted by Gasteiger charge is 2.05. The molecule has 1 atom stereocenters. The lowest BCUT2D eigenvalue weighted by Gasteiger charge is -2.18. The molecule has 7 heavy (non-hydrogen) atoms. The maximum atomic E-state index is 4.99. The number of rotatable bonds is 0. The highest BCUT2D eigenvalue weighted by atomic mass is 16.5. The van der Waals surface area contributed by atoms with Gasteiger partial charge in [-0.25, -0.2) is 0 Å². The number of ether oxygens (including phenoxy) is 1. The van der Waals surface area contributed by atoms with Crippen LogP contribution in [0.1, 0.15) is 6.92 Å². The summed E-state index contributed by atoms with van der Waals surface area (Å²) in [5.41, 5.74) is 0. The molecular weight excluding hydrogens is 90.1 g/mol. The molecule has 41 valence electrons. The molecule has 1 fully saturated rings. The molecule has 1 radical (unpaired) electrons. The van der Waals surface area contributed by atoms with Crippen molar-refractivity contribution in [1.29, 1.82) is 0 Å². The number of hydrogen-bond donors (Lipinski definition) is 1. The lowest BCUT2D eigenvalue weighted by Crippen LogP contribution is -2.36. The van der Waals surface area contributed by atoms with Gasteiger partial charge in [0.2, 0.25) is 0 Å². The summed E-state index contributed by atoms with van der Waals surface area (Å²) >= 11 is 0. The van der Waals surface area contributed by atoms with Crippen LogP contribution in [-0.2, 0) is 4.74 Å². The van der Waals surface area contributed by atoms with E-state index in [0.29, 0.717) is 6.04 Å². The second-order valence-corrected chi connectivity index (χ2v) is 1.81. The molecule has 1 aliphatic rings. The van der Waals surface area contributed by atoms with Crippen molar-refractivity contribution in [2.75, 3.05) is 13.2 Å². The highest BCUT2D eigenvalue weighted by molar-refractivity contribution is 4.69. The third-order valence-electron chi connectivity index (χ3n) is 1.01. The monoisotopic (exact) mass is 100 g/mol. The average Bonchev–Trinajstić information content (AvgIpc) is 1.69. The molecule has 0 aromatic heterocycles. The summed E-state index contributed by atoms with van der Waals surface area (Å²) in [4.78, 5) is 0. The van der Waals surface area contributed by atoms with Crippen molar-refractivity contribution >= 4 is 0 Å². The van der Waals surface area contributed by atoms with Gasteiger partial charge < -0.3 is 10.1 Å². The first-order valence-corrected chi connectivity index (χ1v) is 2.56. The Hall–Kier alpha value is -0.0800. The molecule has 1 aliphatic heterocycles. The van der Waals surface area contributed by atoms with Crippen LogP contribution in [0.3, 0.4) is 0 Å². The van der Waals surface area contributed by atoms with Gasteiger partial charge in [0.25, 0.3) is 0 Å². The van der Waals surface area contributed by atoms with Gasteiger partial charge in [-0.2, -0.15) is 0 Å². The van der Waals surface area contributed by atoms with Gasteiger partial charge in [0.05, 0.1) is 13.2 Å². The van der Waals surface area contributed by atoms with Crippen LogP contribution < -0.4 is 5.32 Å². The second-order valence-electron chi connectivity index (χ2n) is 1.81. The van der Waals surface area contributed by atoms with Crippen molar-refractivity contribution in [3.63, 3.8) is 0 Å². The summed E-state index contributed by atoms with van der Waals surface area (Å²) in [6.07, 6.45) is 0. The Labute approximate surface area is 43.9 Å². The minimum Gasteiger partial charge on any atom is -0.373 e. The topological polar surface area (TPSA) is 21.3 Å². The van der Waals surface area contributed by atoms with E-state index >= 15 is 0 Å². The summed E-state index contributed by atoms with van der Waals surface area (Å²) in [5.74, 6) is 0. The molecule has 2 heteroatoms. The quantitative estimate of drug-likeness (QED) is 0.468. The fourth-order valence-electron chi connectivity index (χ4n) is 0.580. The van der Waals surface area contributed by atoms with Gasteiger partial charge in [-0.15, -0.1) is 0 Å². The SMILES string of the molecule is CC1CO[CH]CN1. The van der Waals surface area contributed by atoms with E-state index in [4.69, 9.17) is 4.74 Å². The molecule has 0 aliphatic carbocycles. The normalized spacial score (nSPS) is 33.0. The van der Waals surface area contributed by atoms with Crippen LogP contribution in [0.25, 0.3) is 0 Å². The molecule has 1 N–H and O–H groups in total. The van der Waals surface area contributed by atoms with Crippen LogP contribution in [0.15, 0.2) is 0 Å². The summed E-state index contributed by atoms with van der Waals surface area (Å²) in [7, 11) is 0. The largest absolute Gasteiger partial charge is 0.373 e. The maximum Gasteiger partial charge on any atom is 0.0974 e. The van der Waals surface area contributed by atoms with E-state index in [9.17, 15) is 0 Å². The highest BCUT2D eigenvalue weighted by Crippen LogP contribution is 1.92. The van der Waals surface area contributed by atoms with E-state index in [1.807, 2.05) is 0 Å². The Bertz CT molecular complexity index is 50.0. The smallest absolute Gasteiger partial charge is 0.0974 e. The standard InChI is InChI=1S/C5H10NO/c1-5-4-7-3-2-6-5/h3,5-6H,2,4H2,1H3. The molecular formula is C5H10NO. The van der Waals surface area contributed by atoms with Gasteiger partial charge in [-0.3, -0.25) is 0 Å². The van der Waals surface area contributed by atoms with E-state index in [1.54, 1.807) is 6.61 Å². The van der Waals surface area contributed by atoms with Gasteiger partial charge in [0, 0.05) is 12.6 Å². The Balaban J connectivity index is 2.12. The van der Waals surface area contributed by atoms with Crippen molar-refractivity contribution in [1.82, 2.24) is 5.32 Å². The molecule has 0 bridgehead atoms. The Morgan fingerprint density at radius 2 is 2.71 bits per heavy atom. The summed E-state index contributed by atoms with van der Waals surface area (Å²) in [6.45, 7) is 5.61. The molecule has 0 saturated carbocycles. The molecule has 0 aromatic rings. The van der Waals surface area contributed by atoms with Gasteiger partial charge in [0.15, 0.2) is 0 Å². The molecule has 2 nitrogen and oxygen atoms in total. The van der Waals surface area contributed by atoms with Crippen molar-refractivity contribution in [3.8, 4) is 0 Å². The summed E-state index contributed by atoms with van der Waals surface area (Å²) in [6, 6.07) is 0.532. The van der Waals surface area contributed by atoms with Crippen LogP contribution in [0, 0.1) is 6.61 Å². The van der Waals surface area contributed by atoms with Gasteiger partial charge >= 0.3 is 0 Å². The Kier molecular flexibility index (Phi) is 1.65. The minimum atomic E-state index is 0.532. The van der Waals surface area contributed by atoms with Crippen LogP contribution in [-0.4, -0.2) is 19.2 Å². The predicted octanol–water partition coefficient (Wildman–Crippen LogP) is 0.156. The fourth-order valence-corrected chi connectivity index (χ4v) is 0.580. The van der Waals surface area contributed by atoms with E-state index in [2.05, 4.69) is 12.2 Å². The third-order valence-corrected chi connectivity index (χ3v) is 1.01. The lowest BCUT2D eigenvalue weighted by atomic mass is 10.3. The summed E-state index contributed by atoms with van der Waals surface area (Å²) < 4.78 is 4.99. The molecule has 0 aromatic carbocycles. The first kappa shape index (κ1) is 5.06.